The number of ether oxygens (including phenoxy) is 1. The zero-order chi connectivity index (χ0) is 22.2. The Morgan fingerprint density at radius 3 is 2.59 bits per heavy atom. The van der Waals surface area contributed by atoms with Crippen molar-refractivity contribution in [1.82, 2.24) is 15.3 Å². The van der Waals surface area contributed by atoms with Gasteiger partial charge in [-0.25, -0.2) is 9.97 Å². The molecule has 6 nitrogen and oxygen atoms in total. The summed E-state index contributed by atoms with van der Waals surface area (Å²) in [5.74, 6) is 1.91. The van der Waals surface area contributed by atoms with E-state index < -0.39 is 0 Å². The van der Waals surface area contributed by atoms with Crippen LogP contribution in [0.3, 0.4) is 0 Å². The van der Waals surface area contributed by atoms with Crippen LogP contribution in [-0.2, 0) is 11.2 Å². The minimum absolute atomic E-state index is 0.0745. The van der Waals surface area contributed by atoms with E-state index in [1.165, 1.54) is 5.56 Å². The fourth-order valence-corrected chi connectivity index (χ4v) is 4.05. The molecular weight excluding hydrogens is 400 g/mol. The second-order valence-corrected chi connectivity index (χ2v) is 8.32. The van der Waals surface area contributed by atoms with Crippen molar-refractivity contribution in [3.63, 3.8) is 0 Å². The standard InChI is InChI=1S/C26H30N4O2/c1-20(14-15-21-9-4-2-5-10-21)29-25(31)22-11-8-18-30(19-22)24-26(28-17-16-27-24)32-23-12-6-3-7-13-23/h2-7,9-10,12-13,16-17,20,22H,8,11,14-15,18-19H2,1H3,(H,29,31). The van der Waals surface area contributed by atoms with E-state index in [4.69, 9.17) is 4.74 Å². The van der Waals surface area contributed by atoms with Gasteiger partial charge in [-0.2, -0.15) is 0 Å². The van der Waals surface area contributed by atoms with E-state index in [9.17, 15) is 4.79 Å². The summed E-state index contributed by atoms with van der Waals surface area (Å²) in [6.45, 7) is 3.52. The first kappa shape index (κ1) is 21.8. The van der Waals surface area contributed by atoms with E-state index >= 15 is 0 Å². The average Bonchev–Trinajstić information content (AvgIpc) is 2.84. The third-order valence-corrected chi connectivity index (χ3v) is 5.79. The summed E-state index contributed by atoms with van der Waals surface area (Å²) < 4.78 is 5.98. The summed E-state index contributed by atoms with van der Waals surface area (Å²) in [5, 5.41) is 3.21. The van der Waals surface area contributed by atoms with Crippen molar-refractivity contribution in [1.29, 1.82) is 0 Å². The molecule has 1 aromatic heterocycles. The van der Waals surface area contributed by atoms with Crippen LogP contribution in [0.2, 0.25) is 0 Å². The molecule has 0 radical (unpaired) electrons. The number of carbonyl (C=O) groups is 1. The van der Waals surface area contributed by atoms with E-state index in [0.29, 0.717) is 24.0 Å². The topological polar surface area (TPSA) is 67.4 Å². The zero-order valence-corrected chi connectivity index (χ0v) is 18.5. The van der Waals surface area contributed by atoms with E-state index in [1.807, 2.05) is 36.4 Å². The maximum absolute atomic E-state index is 13.0. The summed E-state index contributed by atoms with van der Waals surface area (Å²) in [5.41, 5.74) is 1.30. The minimum Gasteiger partial charge on any atom is -0.436 e. The number of hydrogen-bond donors (Lipinski definition) is 1. The Hall–Kier alpha value is -3.41. The highest BCUT2D eigenvalue weighted by molar-refractivity contribution is 5.80. The molecule has 1 fully saturated rings. The average molecular weight is 431 g/mol. The lowest BCUT2D eigenvalue weighted by Gasteiger charge is -2.33. The predicted molar refractivity (Wildman–Crippen MR) is 126 cm³/mol. The van der Waals surface area contributed by atoms with Gasteiger partial charge in [-0.3, -0.25) is 4.79 Å². The van der Waals surface area contributed by atoms with Gasteiger partial charge in [0.1, 0.15) is 5.75 Å². The summed E-state index contributed by atoms with van der Waals surface area (Å²) >= 11 is 0. The molecule has 2 heterocycles. The van der Waals surface area contributed by atoms with Crippen molar-refractivity contribution in [3.8, 4) is 11.6 Å². The van der Waals surface area contributed by atoms with Crippen LogP contribution < -0.4 is 15.0 Å². The number of benzene rings is 2. The lowest BCUT2D eigenvalue weighted by atomic mass is 9.96. The fourth-order valence-electron chi connectivity index (χ4n) is 4.05. The normalized spacial score (nSPS) is 16.9. The molecule has 2 unspecified atom stereocenters. The van der Waals surface area contributed by atoms with Crippen molar-refractivity contribution in [3.05, 3.63) is 78.6 Å². The van der Waals surface area contributed by atoms with Crippen molar-refractivity contribution < 1.29 is 9.53 Å². The van der Waals surface area contributed by atoms with Crippen molar-refractivity contribution in [2.45, 2.75) is 38.6 Å². The molecule has 1 amide bonds. The molecular formula is C26H30N4O2. The molecule has 0 spiro atoms. The van der Waals surface area contributed by atoms with Gasteiger partial charge in [0.15, 0.2) is 5.82 Å². The Balaban J connectivity index is 1.35. The molecule has 32 heavy (non-hydrogen) atoms. The Labute approximate surface area is 189 Å². The number of rotatable bonds is 8. The number of nitrogens with one attached hydrogen (secondary N) is 1. The van der Waals surface area contributed by atoms with Gasteiger partial charge in [-0.1, -0.05) is 48.5 Å². The number of hydrogen-bond acceptors (Lipinski definition) is 5. The first-order valence-corrected chi connectivity index (χ1v) is 11.3. The highest BCUT2D eigenvalue weighted by atomic mass is 16.5. The molecule has 2 atom stereocenters. The Morgan fingerprint density at radius 2 is 1.81 bits per heavy atom. The molecule has 1 N–H and O–H groups in total. The van der Waals surface area contributed by atoms with Crippen molar-refractivity contribution >= 4 is 11.7 Å². The Kier molecular flexibility index (Phi) is 7.33. The molecule has 2 aromatic carbocycles. The molecule has 0 aliphatic carbocycles. The monoisotopic (exact) mass is 430 g/mol. The van der Waals surface area contributed by atoms with Crippen LogP contribution in [0.5, 0.6) is 11.6 Å². The van der Waals surface area contributed by atoms with Crippen LogP contribution in [0.1, 0.15) is 31.7 Å². The number of piperidine rings is 1. The maximum atomic E-state index is 13.0. The number of amides is 1. The van der Waals surface area contributed by atoms with Crippen molar-refractivity contribution in [2.24, 2.45) is 5.92 Å². The van der Waals surface area contributed by atoms with E-state index in [0.717, 1.165) is 32.2 Å². The molecule has 1 aliphatic rings. The van der Waals surface area contributed by atoms with Gasteiger partial charge in [-0.05, 0) is 50.3 Å². The quantitative estimate of drug-likeness (QED) is 0.565. The van der Waals surface area contributed by atoms with Gasteiger partial charge in [0.2, 0.25) is 5.91 Å². The summed E-state index contributed by atoms with van der Waals surface area (Å²) in [4.78, 5) is 24.0. The second-order valence-electron chi connectivity index (χ2n) is 8.32. The number of carbonyl (C=O) groups excluding carboxylic acids is 1. The number of aromatic nitrogens is 2. The van der Waals surface area contributed by atoms with Crippen LogP contribution in [0.15, 0.2) is 73.1 Å². The molecule has 166 valence electrons. The molecule has 1 saturated heterocycles. The summed E-state index contributed by atoms with van der Waals surface area (Å²) in [7, 11) is 0. The van der Waals surface area contributed by atoms with Crippen LogP contribution in [-0.4, -0.2) is 35.0 Å². The molecule has 3 aromatic rings. The van der Waals surface area contributed by atoms with Crippen LogP contribution >= 0.6 is 0 Å². The first-order valence-electron chi connectivity index (χ1n) is 11.3. The highest BCUT2D eigenvalue weighted by Crippen LogP contribution is 2.31. The second kappa shape index (κ2) is 10.8. The van der Waals surface area contributed by atoms with Crippen LogP contribution in [0, 0.1) is 5.92 Å². The SMILES string of the molecule is CC(CCc1ccccc1)NC(=O)C1CCCN(c2nccnc2Oc2ccccc2)C1. The maximum Gasteiger partial charge on any atom is 0.263 e. The lowest BCUT2D eigenvalue weighted by molar-refractivity contribution is -0.125. The van der Waals surface area contributed by atoms with Gasteiger partial charge in [0.05, 0.1) is 5.92 Å². The summed E-state index contributed by atoms with van der Waals surface area (Å²) in [6, 6.07) is 20.1. The third kappa shape index (κ3) is 5.84. The van der Waals surface area contributed by atoms with Gasteiger partial charge >= 0.3 is 0 Å². The van der Waals surface area contributed by atoms with Gasteiger partial charge in [-0.15, -0.1) is 0 Å². The van der Waals surface area contributed by atoms with E-state index in [1.54, 1.807) is 12.4 Å². The molecule has 4 rings (SSSR count). The third-order valence-electron chi connectivity index (χ3n) is 5.79. The fraction of sp³-hybridized carbons (Fsp3) is 0.346. The minimum atomic E-state index is -0.0745. The van der Waals surface area contributed by atoms with E-state index in [-0.39, 0.29) is 17.9 Å². The lowest BCUT2D eigenvalue weighted by Crippen LogP contribution is -2.45. The Bertz CT molecular complexity index is 997. The molecule has 0 saturated carbocycles. The smallest absolute Gasteiger partial charge is 0.263 e. The largest absolute Gasteiger partial charge is 0.436 e. The van der Waals surface area contributed by atoms with Crippen molar-refractivity contribution in [2.75, 3.05) is 18.0 Å². The van der Waals surface area contributed by atoms with Gasteiger partial charge in [0, 0.05) is 31.5 Å². The number of anilines is 1. The van der Waals surface area contributed by atoms with Crippen LogP contribution in [0.4, 0.5) is 5.82 Å². The number of aryl methyl sites for hydroxylation is 1. The molecule has 1 aliphatic heterocycles. The predicted octanol–water partition coefficient (Wildman–Crippen LogP) is 4.62. The molecule has 0 bridgehead atoms. The zero-order valence-electron chi connectivity index (χ0n) is 18.5. The first-order chi connectivity index (χ1) is 15.7. The number of para-hydroxylation sites is 1. The van der Waals surface area contributed by atoms with Crippen LogP contribution in [0.25, 0.3) is 0 Å². The van der Waals surface area contributed by atoms with Gasteiger partial charge < -0.3 is 15.0 Å². The van der Waals surface area contributed by atoms with E-state index in [2.05, 4.69) is 51.4 Å². The summed E-state index contributed by atoms with van der Waals surface area (Å²) in [6.07, 6.45) is 6.98. The number of nitrogens with zero attached hydrogens (tertiary/aromatic N) is 3. The Morgan fingerprint density at radius 1 is 1.09 bits per heavy atom. The molecule has 6 heteroatoms. The highest BCUT2D eigenvalue weighted by Gasteiger charge is 2.29. The van der Waals surface area contributed by atoms with Gasteiger partial charge in [0.25, 0.3) is 5.88 Å².